The quantitative estimate of drug-likeness (QED) is 0.714. The van der Waals surface area contributed by atoms with E-state index in [2.05, 4.69) is 40.1 Å². The van der Waals surface area contributed by atoms with Crippen molar-refractivity contribution in [2.75, 3.05) is 6.54 Å². The van der Waals surface area contributed by atoms with Gasteiger partial charge >= 0.3 is 5.69 Å². The summed E-state index contributed by atoms with van der Waals surface area (Å²) < 4.78 is 1.88. The number of hydrogen-bond donors (Lipinski definition) is 2. The first kappa shape index (κ1) is 16.2. The molecule has 6 heteroatoms. The van der Waals surface area contributed by atoms with Crippen molar-refractivity contribution in [3.8, 4) is 0 Å². The predicted molar refractivity (Wildman–Crippen MR) is 80.6 cm³/mol. The lowest BCUT2D eigenvalue weighted by Crippen LogP contribution is -2.35. The van der Waals surface area contributed by atoms with E-state index in [1.165, 1.54) is 30.0 Å². The average Bonchev–Trinajstić information content (AvgIpc) is 2.36. The minimum atomic E-state index is -0.387. The molecule has 1 aromatic heterocycles. The van der Waals surface area contributed by atoms with Crippen molar-refractivity contribution < 1.29 is 0 Å². The predicted octanol–water partition coefficient (Wildman–Crippen LogP) is 1.86. The molecule has 5 nitrogen and oxygen atoms in total. The van der Waals surface area contributed by atoms with Gasteiger partial charge in [-0.15, -0.1) is 0 Å². The smallest absolute Gasteiger partial charge is 0.312 e. The molecule has 0 saturated heterocycles. The van der Waals surface area contributed by atoms with Crippen LogP contribution < -0.4 is 16.6 Å². The summed E-state index contributed by atoms with van der Waals surface area (Å²) in [5.41, 5.74) is -0.754. The minimum Gasteiger partial charge on any atom is -0.312 e. The van der Waals surface area contributed by atoms with Gasteiger partial charge in [-0.1, -0.05) is 26.2 Å². The fourth-order valence-electron chi connectivity index (χ4n) is 1.88. The van der Waals surface area contributed by atoms with Crippen molar-refractivity contribution in [1.29, 1.82) is 0 Å². The molecule has 1 unspecified atom stereocenters. The average molecular weight is 332 g/mol. The van der Waals surface area contributed by atoms with Crippen LogP contribution in [0.3, 0.4) is 0 Å². The van der Waals surface area contributed by atoms with Crippen molar-refractivity contribution in [3.63, 3.8) is 0 Å². The van der Waals surface area contributed by atoms with Crippen LogP contribution in [0.2, 0.25) is 0 Å². The van der Waals surface area contributed by atoms with E-state index in [1.807, 2.05) is 0 Å². The van der Waals surface area contributed by atoms with Gasteiger partial charge in [0.05, 0.1) is 4.47 Å². The molecule has 1 rings (SSSR count). The maximum Gasteiger partial charge on any atom is 0.328 e. The molecule has 0 aliphatic rings. The summed E-state index contributed by atoms with van der Waals surface area (Å²) in [5.74, 6) is 0. The van der Waals surface area contributed by atoms with Crippen LogP contribution in [0.4, 0.5) is 0 Å². The number of halogens is 1. The highest BCUT2D eigenvalue weighted by atomic mass is 79.9. The number of H-pyrrole nitrogens is 1. The Bertz CT molecular complexity index is 495. The van der Waals surface area contributed by atoms with E-state index in [4.69, 9.17) is 0 Å². The lowest BCUT2D eigenvalue weighted by molar-refractivity contribution is 0.465. The van der Waals surface area contributed by atoms with Crippen LogP contribution in [0.1, 0.15) is 39.5 Å². The molecule has 0 spiro atoms. The maximum atomic E-state index is 11.5. The monoisotopic (exact) mass is 331 g/mol. The Labute approximate surface area is 121 Å². The maximum absolute atomic E-state index is 11.5. The van der Waals surface area contributed by atoms with Gasteiger partial charge in [-0.2, -0.15) is 0 Å². The number of nitrogens with zero attached hydrogens (tertiary/aromatic N) is 1. The lowest BCUT2D eigenvalue weighted by atomic mass is 10.1. The summed E-state index contributed by atoms with van der Waals surface area (Å²) in [6.45, 7) is 5.61. The standard InChI is InChI=1S/C13H22BrN3O2/c1-3-4-5-6-10(2)15-7-8-17-9-11(14)12(18)16-13(17)19/h9-10,15H,3-8H2,1-2H3,(H,16,18,19). The summed E-state index contributed by atoms with van der Waals surface area (Å²) in [6, 6.07) is 0.452. The zero-order chi connectivity index (χ0) is 14.3. The molecule has 2 N–H and O–H groups in total. The molecule has 1 heterocycles. The third kappa shape index (κ3) is 5.74. The third-order valence-corrected chi connectivity index (χ3v) is 3.62. The highest BCUT2D eigenvalue weighted by molar-refractivity contribution is 9.10. The summed E-state index contributed by atoms with van der Waals surface area (Å²) in [7, 11) is 0. The zero-order valence-electron chi connectivity index (χ0n) is 11.5. The van der Waals surface area contributed by atoms with E-state index >= 15 is 0 Å². The van der Waals surface area contributed by atoms with E-state index in [0.717, 1.165) is 6.42 Å². The Morgan fingerprint density at radius 3 is 2.84 bits per heavy atom. The zero-order valence-corrected chi connectivity index (χ0v) is 13.1. The number of nitrogens with one attached hydrogen (secondary N) is 2. The van der Waals surface area contributed by atoms with Crippen LogP contribution in [0.5, 0.6) is 0 Å². The van der Waals surface area contributed by atoms with E-state index in [1.54, 1.807) is 0 Å². The first-order valence-electron chi connectivity index (χ1n) is 6.77. The lowest BCUT2D eigenvalue weighted by Gasteiger charge is -2.14. The molecule has 0 aliphatic carbocycles. The summed E-state index contributed by atoms with van der Waals surface area (Å²) >= 11 is 3.12. The van der Waals surface area contributed by atoms with E-state index < -0.39 is 0 Å². The SMILES string of the molecule is CCCCCC(C)NCCn1cc(Br)c(=O)[nH]c1=O. The molecule has 0 fully saturated rings. The van der Waals surface area contributed by atoms with E-state index in [0.29, 0.717) is 23.6 Å². The fraction of sp³-hybridized carbons (Fsp3) is 0.692. The Morgan fingerprint density at radius 1 is 1.42 bits per heavy atom. The molecule has 1 aromatic rings. The largest absolute Gasteiger partial charge is 0.328 e. The minimum absolute atomic E-state index is 0.367. The van der Waals surface area contributed by atoms with Crippen molar-refractivity contribution in [2.24, 2.45) is 0 Å². The van der Waals surface area contributed by atoms with Gasteiger partial charge in [0.2, 0.25) is 0 Å². The van der Waals surface area contributed by atoms with Crippen LogP contribution in [0, 0.1) is 0 Å². The molecular weight excluding hydrogens is 310 g/mol. The number of aromatic nitrogens is 2. The van der Waals surface area contributed by atoms with E-state index in [9.17, 15) is 9.59 Å². The molecule has 0 amide bonds. The second kappa shape index (κ2) is 8.32. The molecule has 0 aromatic carbocycles. The third-order valence-electron chi connectivity index (χ3n) is 3.05. The van der Waals surface area contributed by atoms with Crippen LogP contribution in [0.25, 0.3) is 0 Å². The van der Waals surface area contributed by atoms with Crippen molar-refractivity contribution in [1.82, 2.24) is 14.9 Å². The molecular formula is C13H22BrN3O2. The Balaban J connectivity index is 2.39. The molecule has 0 radical (unpaired) electrons. The first-order chi connectivity index (χ1) is 9.04. The van der Waals surface area contributed by atoms with Crippen LogP contribution in [-0.2, 0) is 6.54 Å². The number of hydrogen-bond acceptors (Lipinski definition) is 3. The highest BCUT2D eigenvalue weighted by Gasteiger charge is 2.03. The van der Waals surface area contributed by atoms with Crippen molar-refractivity contribution in [3.05, 3.63) is 31.5 Å². The molecule has 108 valence electrons. The van der Waals surface area contributed by atoms with Gasteiger partial charge < -0.3 is 5.32 Å². The molecule has 0 bridgehead atoms. The number of unbranched alkanes of at least 4 members (excludes halogenated alkanes) is 2. The molecule has 19 heavy (non-hydrogen) atoms. The van der Waals surface area contributed by atoms with Gasteiger partial charge in [-0.25, -0.2) is 4.79 Å². The van der Waals surface area contributed by atoms with Crippen LogP contribution in [-0.4, -0.2) is 22.1 Å². The normalized spacial score (nSPS) is 12.6. The number of aromatic amines is 1. The summed E-state index contributed by atoms with van der Waals surface area (Å²) in [6.07, 6.45) is 6.41. The topological polar surface area (TPSA) is 66.9 Å². The first-order valence-corrected chi connectivity index (χ1v) is 7.56. The second-order valence-electron chi connectivity index (χ2n) is 4.78. The molecule has 0 saturated carbocycles. The van der Waals surface area contributed by atoms with Gasteiger partial charge in [-0.05, 0) is 29.3 Å². The van der Waals surface area contributed by atoms with Gasteiger partial charge in [0.15, 0.2) is 0 Å². The van der Waals surface area contributed by atoms with Crippen LogP contribution >= 0.6 is 15.9 Å². The highest BCUT2D eigenvalue weighted by Crippen LogP contribution is 2.02. The summed E-state index contributed by atoms with van der Waals surface area (Å²) in [4.78, 5) is 25.0. The Hall–Kier alpha value is -0.880. The number of rotatable bonds is 8. The summed E-state index contributed by atoms with van der Waals surface area (Å²) in [5, 5.41) is 3.38. The van der Waals surface area contributed by atoms with Crippen molar-refractivity contribution >= 4 is 15.9 Å². The van der Waals surface area contributed by atoms with Crippen molar-refractivity contribution in [2.45, 2.75) is 52.1 Å². The Morgan fingerprint density at radius 2 is 2.16 bits per heavy atom. The fourth-order valence-corrected chi connectivity index (χ4v) is 2.23. The second-order valence-corrected chi connectivity index (χ2v) is 5.63. The molecule has 0 aliphatic heterocycles. The van der Waals surface area contributed by atoms with Gasteiger partial charge in [0.1, 0.15) is 0 Å². The van der Waals surface area contributed by atoms with Gasteiger partial charge in [0, 0.05) is 25.3 Å². The van der Waals surface area contributed by atoms with E-state index in [-0.39, 0.29) is 11.2 Å². The van der Waals surface area contributed by atoms with Gasteiger partial charge in [-0.3, -0.25) is 14.3 Å². The molecule has 1 atom stereocenters. The Kier molecular flexibility index (Phi) is 7.09. The van der Waals surface area contributed by atoms with Gasteiger partial charge in [0.25, 0.3) is 5.56 Å². The van der Waals surface area contributed by atoms with Crippen LogP contribution in [0.15, 0.2) is 20.3 Å².